The molecule has 1 heterocycles. The molecule has 1 amide bonds. The summed E-state index contributed by atoms with van der Waals surface area (Å²) in [6.45, 7) is 4.79. The predicted octanol–water partition coefficient (Wildman–Crippen LogP) is 3.83. The highest BCUT2D eigenvalue weighted by atomic mass is 79.9. The van der Waals surface area contributed by atoms with Gasteiger partial charge in [-0.25, -0.2) is 0 Å². The third kappa shape index (κ3) is 2.82. The second-order valence-corrected chi connectivity index (χ2v) is 5.07. The summed E-state index contributed by atoms with van der Waals surface area (Å²) in [5.41, 5.74) is 2.58. The Balaban J connectivity index is 2.21. The molecule has 1 N–H and O–H groups in total. The number of amides is 1. The zero-order valence-electron chi connectivity index (χ0n) is 10.4. The Morgan fingerprint density at radius 3 is 2.83 bits per heavy atom. The van der Waals surface area contributed by atoms with Gasteiger partial charge >= 0.3 is 0 Å². The molecule has 1 aromatic carbocycles. The van der Waals surface area contributed by atoms with E-state index < -0.39 is 0 Å². The lowest BCUT2D eigenvalue weighted by Gasteiger charge is -2.09. The Morgan fingerprint density at radius 1 is 1.39 bits per heavy atom. The number of halogens is 1. The smallest absolute Gasteiger partial charge is 0.272 e. The molecular formula is C14H15BrN2O. The fourth-order valence-electron chi connectivity index (χ4n) is 1.90. The minimum Gasteiger partial charge on any atom is -0.344 e. The van der Waals surface area contributed by atoms with Crippen LogP contribution in [0.1, 0.15) is 23.0 Å². The fraction of sp³-hybridized carbons (Fsp3) is 0.214. The van der Waals surface area contributed by atoms with Gasteiger partial charge in [-0.05, 0) is 49.7 Å². The van der Waals surface area contributed by atoms with Crippen LogP contribution in [0.4, 0.5) is 5.69 Å². The van der Waals surface area contributed by atoms with Crippen LogP contribution < -0.4 is 5.32 Å². The summed E-state index contributed by atoms with van der Waals surface area (Å²) in [5.74, 6) is -0.0839. The van der Waals surface area contributed by atoms with Gasteiger partial charge in [0, 0.05) is 22.9 Å². The molecule has 0 radical (unpaired) electrons. The topological polar surface area (TPSA) is 34.0 Å². The largest absolute Gasteiger partial charge is 0.344 e. The molecule has 0 fully saturated rings. The van der Waals surface area contributed by atoms with Crippen molar-refractivity contribution >= 4 is 27.5 Å². The summed E-state index contributed by atoms with van der Waals surface area (Å²) < 4.78 is 2.88. The van der Waals surface area contributed by atoms with Crippen molar-refractivity contribution in [2.45, 2.75) is 20.4 Å². The minimum atomic E-state index is -0.0839. The van der Waals surface area contributed by atoms with E-state index in [1.165, 1.54) is 0 Å². The van der Waals surface area contributed by atoms with Gasteiger partial charge in [0.1, 0.15) is 5.69 Å². The van der Waals surface area contributed by atoms with Crippen molar-refractivity contribution in [2.75, 3.05) is 5.32 Å². The molecule has 0 bridgehead atoms. The first-order valence-corrected chi connectivity index (χ1v) is 6.63. The maximum absolute atomic E-state index is 12.1. The molecule has 4 heteroatoms. The lowest BCUT2D eigenvalue weighted by molar-refractivity contribution is 0.101. The van der Waals surface area contributed by atoms with Gasteiger partial charge in [0.15, 0.2) is 0 Å². The van der Waals surface area contributed by atoms with E-state index in [1.807, 2.05) is 54.9 Å². The van der Waals surface area contributed by atoms with E-state index in [9.17, 15) is 4.79 Å². The van der Waals surface area contributed by atoms with Gasteiger partial charge in [-0.2, -0.15) is 0 Å². The molecule has 0 aliphatic carbocycles. The predicted molar refractivity (Wildman–Crippen MR) is 76.9 cm³/mol. The average Bonchev–Trinajstić information content (AvgIpc) is 2.75. The molecule has 1 aromatic heterocycles. The maximum Gasteiger partial charge on any atom is 0.272 e. The molecule has 2 rings (SSSR count). The van der Waals surface area contributed by atoms with Gasteiger partial charge in [0.25, 0.3) is 5.91 Å². The number of carbonyl (C=O) groups excluding carboxylic acids is 1. The number of nitrogens with zero attached hydrogens (tertiary/aromatic N) is 1. The normalized spacial score (nSPS) is 10.4. The van der Waals surface area contributed by atoms with Crippen molar-refractivity contribution in [1.29, 1.82) is 0 Å². The van der Waals surface area contributed by atoms with Crippen LogP contribution >= 0.6 is 15.9 Å². The number of benzene rings is 1. The Bertz CT molecular complexity index is 555. The Hall–Kier alpha value is -1.55. The van der Waals surface area contributed by atoms with Gasteiger partial charge in [0.2, 0.25) is 0 Å². The summed E-state index contributed by atoms with van der Waals surface area (Å²) in [4.78, 5) is 12.1. The van der Waals surface area contributed by atoms with Gasteiger partial charge < -0.3 is 9.88 Å². The number of nitrogens with one attached hydrogen (secondary N) is 1. The van der Waals surface area contributed by atoms with E-state index in [-0.39, 0.29) is 5.91 Å². The van der Waals surface area contributed by atoms with Crippen LogP contribution in [0.15, 0.2) is 41.0 Å². The molecule has 0 aliphatic heterocycles. The fourth-order valence-corrected chi connectivity index (χ4v) is 2.51. The van der Waals surface area contributed by atoms with Crippen molar-refractivity contribution in [3.63, 3.8) is 0 Å². The van der Waals surface area contributed by atoms with E-state index in [4.69, 9.17) is 0 Å². The van der Waals surface area contributed by atoms with Crippen LogP contribution in [0, 0.1) is 6.92 Å². The highest BCUT2D eigenvalue weighted by molar-refractivity contribution is 9.10. The first-order valence-electron chi connectivity index (χ1n) is 5.84. The quantitative estimate of drug-likeness (QED) is 0.918. The number of aryl methyl sites for hydroxylation is 2. The van der Waals surface area contributed by atoms with E-state index in [1.54, 1.807) is 0 Å². The molecule has 0 saturated heterocycles. The molecule has 0 atom stereocenters. The van der Waals surface area contributed by atoms with Gasteiger partial charge in [-0.15, -0.1) is 0 Å². The van der Waals surface area contributed by atoms with Crippen LogP contribution in [0.3, 0.4) is 0 Å². The molecule has 2 aromatic rings. The summed E-state index contributed by atoms with van der Waals surface area (Å²) in [7, 11) is 0. The molecule has 0 unspecified atom stereocenters. The highest BCUT2D eigenvalue weighted by Crippen LogP contribution is 2.19. The number of rotatable bonds is 3. The molecule has 0 saturated carbocycles. The Morgan fingerprint density at radius 2 is 2.17 bits per heavy atom. The van der Waals surface area contributed by atoms with Crippen molar-refractivity contribution in [2.24, 2.45) is 0 Å². The second-order valence-electron chi connectivity index (χ2n) is 4.15. The molecule has 0 aliphatic rings. The third-order valence-corrected chi connectivity index (χ3v) is 3.16. The zero-order chi connectivity index (χ0) is 13.1. The van der Waals surface area contributed by atoms with Crippen molar-refractivity contribution in [3.8, 4) is 0 Å². The molecular weight excluding hydrogens is 292 g/mol. The van der Waals surface area contributed by atoms with E-state index in [0.29, 0.717) is 5.69 Å². The lowest BCUT2D eigenvalue weighted by Crippen LogP contribution is -2.16. The summed E-state index contributed by atoms with van der Waals surface area (Å²) >= 11 is 3.42. The number of anilines is 1. The van der Waals surface area contributed by atoms with Crippen LogP contribution in [-0.2, 0) is 6.54 Å². The van der Waals surface area contributed by atoms with E-state index >= 15 is 0 Å². The van der Waals surface area contributed by atoms with Crippen molar-refractivity contribution in [1.82, 2.24) is 4.57 Å². The molecule has 94 valence electrons. The maximum atomic E-state index is 12.1. The van der Waals surface area contributed by atoms with Crippen LogP contribution in [0.2, 0.25) is 0 Å². The van der Waals surface area contributed by atoms with Gasteiger partial charge in [-0.1, -0.05) is 15.9 Å². The van der Waals surface area contributed by atoms with Crippen LogP contribution in [0.25, 0.3) is 0 Å². The Labute approximate surface area is 115 Å². The average molecular weight is 307 g/mol. The van der Waals surface area contributed by atoms with Crippen LogP contribution in [0.5, 0.6) is 0 Å². The number of hydrogen-bond acceptors (Lipinski definition) is 1. The lowest BCUT2D eigenvalue weighted by atomic mass is 10.2. The Kier molecular flexibility index (Phi) is 3.87. The highest BCUT2D eigenvalue weighted by Gasteiger charge is 2.10. The summed E-state index contributed by atoms with van der Waals surface area (Å²) in [5, 5.41) is 2.91. The van der Waals surface area contributed by atoms with Crippen LogP contribution in [-0.4, -0.2) is 10.5 Å². The number of aromatic nitrogens is 1. The first-order chi connectivity index (χ1) is 8.60. The molecule has 18 heavy (non-hydrogen) atoms. The standard InChI is InChI=1S/C14H15BrN2O/c1-3-17-6-4-5-13(17)14(18)16-12-8-10(2)7-11(15)9-12/h4-9H,3H2,1-2H3,(H,16,18). The van der Waals surface area contributed by atoms with Crippen molar-refractivity contribution < 1.29 is 4.79 Å². The summed E-state index contributed by atoms with van der Waals surface area (Å²) in [6.07, 6.45) is 1.90. The van der Waals surface area contributed by atoms with Gasteiger partial charge in [-0.3, -0.25) is 4.79 Å². The molecule has 3 nitrogen and oxygen atoms in total. The second kappa shape index (κ2) is 5.40. The van der Waals surface area contributed by atoms with E-state index in [0.717, 1.165) is 22.3 Å². The van der Waals surface area contributed by atoms with Gasteiger partial charge in [0.05, 0.1) is 0 Å². The summed E-state index contributed by atoms with van der Waals surface area (Å²) in [6, 6.07) is 9.55. The molecule has 0 spiro atoms. The first kappa shape index (κ1) is 12.9. The monoisotopic (exact) mass is 306 g/mol. The SMILES string of the molecule is CCn1cccc1C(=O)Nc1cc(C)cc(Br)c1. The van der Waals surface area contributed by atoms with E-state index in [2.05, 4.69) is 21.2 Å². The van der Waals surface area contributed by atoms with Crippen molar-refractivity contribution in [3.05, 3.63) is 52.3 Å². The number of carbonyl (C=O) groups is 1. The third-order valence-electron chi connectivity index (χ3n) is 2.70. The number of hydrogen-bond donors (Lipinski definition) is 1. The minimum absolute atomic E-state index is 0.0839. The zero-order valence-corrected chi connectivity index (χ0v) is 12.0.